The molecule has 4 unspecified atom stereocenters. The van der Waals surface area contributed by atoms with E-state index in [-0.39, 0.29) is 0 Å². The maximum Gasteiger partial charge on any atom is 0.337 e. The molecule has 0 bridgehead atoms. The number of carboxylic acids is 1. The van der Waals surface area contributed by atoms with Crippen LogP contribution < -0.4 is 10.2 Å². The van der Waals surface area contributed by atoms with Crippen LogP contribution in [0, 0.1) is 24.7 Å². The maximum absolute atomic E-state index is 13.7. The normalized spacial score (nSPS) is 26.6. The Bertz CT molecular complexity index is 1140. The fourth-order valence-corrected chi connectivity index (χ4v) is 5.20. The number of carbonyl (C=O) groups is 4. The predicted octanol–water partition coefficient (Wildman–Crippen LogP) is 2.71. The van der Waals surface area contributed by atoms with Gasteiger partial charge in [0, 0.05) is 6.04 Å². The Kier molecular flexibility index (Phi) is 5.57. The number of nitrogens with one attached hydrogen (secondary N) is 1. The zero-order valence-corrected chi connectivity index (χ0v) is 18.9. The van der Waals surface area contributed by atoms with Crippen LogP contribution in [-0.4, -0.2) is 41.5 Å². The van der Waals surface area contributed by atoms with Crippen LogP contribution in [0.15, 0.2) is 48.5 Å². The third-order valence-electron chi connectivity index (χ3n) is 6.91. The predicted molar refractivity (Wildman–Crippen MR) is 120 cm³/mol. The summed E-state index contributed by atoms with van der Waals surface area (Å²) >= 11 is 0. The number of carboxylic acid groups (broad SMARTS) is 1. The Morgan fingerprint density at radius 2 is 1.70 bits per heavy atom. The number of hydrogen-bond acceptors (Lipinski definition) is 6. The van der Waals surface area contributed by atoms with E-state index in [0.29, 0.717) is 16.8 Å². The molecule has 2 saturated heterocycles. The van der Waals surface area contributed by atoms with Crippen molar-refractivity contribution in [1.82, 2.24) is 5.32 Å². The minimum Gasteiger partial charge on any atom is -0.480 e. The van der Waals surface area contributed by atoms with Gasteiger partial charge in [0.2, 0.25) is 11.8 Å². The maximum atomic E-state index is 13.7. The molecule has 8 nitrogen and oxygen atoms in total. The van der Waals surface area contributed by atoms with E-state index in [1.165, 1.54) is 7.11 Å². The number of hydrogen-bond donors (Lipinski definition) is 2. The molecular weight excluding hydrogens is 424 g/mol. The van der Waals surface area contributed by atoms with Crippen LogP contribution in [0.1, 0.15) is 41.4 Å². The summed E-state index contributed by atoms with van der Waals surface area (Å²) in [6, 6.07) is 12.8. The molecular formula is C25H26N2O6. The number of rotatable bonds is 5. The lowest BCUT2D eigenvalue weighted by Gasteiger charge is -2.34. The third kappa shape index (κ3) is 3.24. The molecule has 0 saturated carbocycles. The largest absolute Gasteiger partial charge is 0.480 e. The molecule has 2 N–H and O–H groups in total. The molecule has 0 spiro atoms. The number of amides is 2. The zero-order chi connectivity index (χ0) is 24.1. The number of anilines is 1. The van der Waals surface area contributed by atoms with E-state index in [1.807, 2.05) is 6.07 Å². The van der Waals surface area contributed by atoms with Gasteiger partial charge in [-0.05, 0) is 42.2 Å². The molecule has 4 atom stereocenters. The highest BCUT2D eigenvalue weighted by Crippen LogP contribution is 2.52. The van der Waals surface area contributed by atoms with Gasteiger partial charge in [0.25, 0.3) is 0 Å². The lowest BCUT2D eigenvalue weighted by molar-refractivity contribution is -0.151. The minimum atomic E-state index is -1.62. The Balaban J connectivity index is 1.85. The first kappa shape index (κ1) is 22.7. The molecule has 0 aliphatic carbocycles. The van der Waals surface area contributed by atoms with Gasteiger partial charge in [0.1, 0.15) is 5.54 Å². The van der Waals surface area contributed by atoms with Gasteiger partial charge >= 0.3 is 11.9 Å². The Morgan fingerprint density at radius 1 is 1.06 bits per heavy atom. The number of carbonyl (C=O) groups excluding carboxylic acids is 3. The topological polar surface area (TPSA) is 113 Å². The van der Waals surface area contributed by atoms with E-state index < -0.39 is 53.1 Å². The molecule has 2 amide bonds. The molecule has 172 valence electrons. The number of esters is 1. The molecule has 0 aromatic heterocycles. The van der Waals surface area contributed by atoms with E-state index in [9.17, 15) is 24.3 Å². The van der Waals surface area contributed by atoms with Gasteiger partial charge in [-0.25, -0.2) is 9.69 Å². The summed E-state index contributed by atoms with van der Waals surface area (Å²) in [7, 11) is 1.28. The number of methoxy groups -OCH3 is 1. The first-order chi connectivity index (χ1) is 15.6. The average molecular weight is 450 g/mol. The highest BCUT2D eigenvalue weighted by Gasteiger charge is 2.69. The average Bonchev–Trinajstić information content (AvgIpc) is 3.29. The standard InChI is InChI=1S/C25H26N2O6/c1-13(2)25(24(31)32)19-18(20(26-25)15-9-11-16(12-10-15)23(30)33-4)21(28)27(22(19)29)17-8-6-5-7-14(17)3/h5-13,18-20,26H,1-4H3,(H,31,32). The summed E-state index contributed by atoms with van der Waals surface area (Å²) in [4.78, 5) is 52.9. The summed E-state index contributed by atoms with van der Waals surface area (Å²) in [5.41, 5.74) is 0.538. The molecule has 33 heavy (non-hydrogen) atoms. The number of ether oxygens (including phenoxy) is 1. The number of aryl methyl sites for hydroxylation is 1. The van der Waals surface area contributed by atoms with Gasteiger partial charge in [-0.3, -0.25) is 19.7 Å². The first-order valence-corrected chi connectivity index (χ1v) is 10.8. The van der Waals surface area contributed by atoms with Crippen molar-refractivity contribution in [2.24, 2.45) is 17.8 Å². The number of nitrogens with zero attached hydrogens (tertiary/aromatic N) is 1. The van der Waals surface area contributed by atoms with Crippen LogP contribution in [0.4, 0.5) is 5.69 Å². The molecule has 2 aromatic carbocycles. The SMILES string of the molecule is COC(=O)c1ccc(C2NC(C(=O)O)(C(C)C)C3C(=O)N(c4ccccc4C)C(=O)C23)cc1. The molecule has 2 fully saturated rings. The molecule has 2 heterocycles. The van der Waals surface area contributed by atoms with Gasteiger partial charge < -0.3 is 9.84 Å². The summed E-state index contributed by atoms with van der Waals surface area (Å²) in [5.74, 6) is -5.08. The summed E-state index contributed by atoms with van der Waals surface area (Å²) in [6.07, 6.45) is 0. The van der Waals surface area contributed by atoms with Crippen LogP contribution in [0.5, 0.6) is 0 Å². The second kappa shape index (κ2) is 8.12. The van der Waals surface area contributed by atoms with Gasteiger partial charge in [0.15, 0.2) is 0 Å². The number of aliphatic carboxylic acids is 1. The minimum absolute atomic E-state index is 0.333. The molecule has 4 rings (SSSR count). The monoisotopic (exact) mass is 450 g/mol. The summed E-state index contributed by atoms with van der Waals surface area (Å²) in [5, 5.41) is 13.5. The van der Waals surface area contributed by atoms with Crippen LogP contribution in [0.25, 0.3) is 0 Å². The van der Waals surface area contributed by atoms with Gasteiger partial charge in [0.05, 0.1) is 30.2 Å². The van der Waals surface area contributed by atoms with Crippen molar-refractivity contribution in [3.63, 3.8) is 0 Å². The highest BCUT2D eigenvalue weighted by atomic mass is 16.5. The van der Waals surface area contributed by atoms with Crippen molar-refractivity contribution < 1.29 is 29.0 Å². The van der Waals surface area contributed by atoms with Crippen LogP contribution in [-0.2, 0) is 19.1 Å². The molecule has 0 radical (unpaired) electrons. The molecule has 2 aliphatic rings. The smallest absolute Gasteiger partial charge is 0.337 e. The van der Waals surface area contributed by atoms with E-state index >= 15 is 0 Å². The van der Waals surface area contributed by atoms with E-state index in [2.05, 4.69) is 5.32 Å². The van der Waals surface area contributed by atoms with Crippen molar-refractivity contribution in [2.45, 2.75) is 32.4 Å². The van der Waals surface area contributed by atoms with Crippen molar-refractivity contribution in [3.8, 4) is 0 Å². The van der Waals surface area contributed by atoms with Gasteiger partial charge in [-0.1, -0.05) is 44.2 Å². The van der Waals surface area contributed by atoms with Crippen LogP contribution in [0.2, 0.25) is 0 Å². The van der Waals surface area contributed by atoms with E-state index in [0.717, 1.165) is 10.5 Å². The van der Waals surface area contributed by atoms with Gasteiger partial charge in [-0.15, -0.1) is 0 Å². The van der Waals surface area contributed by atoms with Crippen LogP contribution in [0.3, 0.4) is 0 Å². The first-order valence-electron chi connectivity index (χ1n) is 10.8. The lowest BCUT2D eigenvalue weighted by Crippen LogP contribution is -2.59. The molecule has 2 aliphatic heterocycles. The number of fused-ring (bicyclic) bond motifs is 1. The van der Waals surface area contributed by atoms with E-state index in [1.54, 1.807) is 63.2 Å². The number of para-hydroxylation sites is 1. The summed E-state index contributed by atoms with van der Waals surface area (Å²) in [6.45, 7) is 5.27. The molecule has 2 aromatic rings. The van der Waals surface area contributed by atoms with Crippen molar-refractivity contribution >= 4 is 29.4 Å². The van der Waals surface area contributed by atoms with Crippen molar-refractivity contribution in [3.05, 3.63) is 65.2 Å². The fourth-order valence-electron chi connectivity index (χ4n) is 5.20. The number of imide groups is 1. The third-order valence-corrected chi connectivity index (χ3v) is 6.91. The zero-order valence-electron chi connectivity index (χ0n) is 18.9. The lowest BCUT2D eigenvalue weighted by atomic mass is 9.73. The second-order valence-corrected chi connectivity index (χ2v) is 8.87. The van der Waals surface area contributed by atoms with Gasteiger partial charge in [-0.2, -0.15) is 0 Å². The highest BCUT2D eigenvalue weighted by molar-refractivity contribution is 6.24. The van der Waals surface area contributed by atoms with Crippen LogP contribution >= 0.6 is 0 Å². The Hall–Kier alpha value is -3.52. The Morgan fingerprint density at radius 3 is 2.24 bits per heavy atom. The van der Waals surface area contributed by atoms with Crippen molar-refractivity contribution in [2.75, 3.05) is 12.0 Å². The quantitative estimate of drug-likeness (QED) is 0.532. The number of benzene rings is 2. The van der Waals surface area contributed by atoms with E-state index in [4.69, 9.17) is 4.74 Å². The van der Waals surface area contributed by atoms with Crippen molar-refractivity contribution in [1.29, 1.82) is 0 Å². The summed E-state index contributed by atoms with van der Waals surface area (Å²) < 4.78 is 4.73. The molecule has 8 heteroatoms. The second-order valence-electron chi connectivity index (χ2n) is 8.87. The fraction of sp³-hybridized carbons (Fsp3) is 0.360. The Labute approximate surface area is 191 Å².